The first-order valence-electron chi connectivity index (χ1n) is 8.43. The van der Waals surface area contributed by atoms with Gasteiger partial charge in [-0.05, 0) is 42.5 Å². The lowest BCUT2D eigenvalue weighted by molar-refractivity contribution is -0.129. The fourth-order valence-corrected chi connectivity index (χ4v) is 2.99. The van der Waals surface area contributed by atoms with Crippen LogP contribution in [0.15, 0.2) is 54.6 Å². The fourth-order valence-electron chi connectivity index (χ4n) is 2.99. The third-order valence-electron chi connectivity index (χ3n) is 4.35. The lowest BCUT2D eigenvalue weighted by Crippen LogP contribution is -2.34. The average Bonchev–Trinajstić information content (AvgIpc) is 3.02. The number of halogens is 1. The number of carbonyl (C=O) groups is 2. The Hall–Kier alpha value is -2.69. The van der Waals surface area contributed by atoms with Gasteiger partial charge in [0.25, 0.3) is 0 Å². The minimum absolute atomic E-state index is 0.199. The number of imide groups is 1. The van der Waals surface area contributed by atoms with Crippen LogP contribution in [0.4, 0.5) is 9.18 Å². The maximum atomic E-state index is 12.9. The maximum absolute atomic E-state index is 12.9. The normalized spacial score (nSPS) is 16.8. The van der Waals surface area contributed by atoms with Crippen LogP contribution in [0, 0.1) is 5.82 Å². The summed E-state index contributed by atoms with van der Waals surface area (Å²) < 4.78 is 17.9. The van der Waals surface area contributed by atoms with Crippen LogP contribution in [-0.4, -0.2) is 23.5 Å². The molecule has 0 aliphatic carbocycles. The highest BCUT2D eigenvalue weighted by atomic mass is 19.1. The summed E-state index contributed by atoms with van der Waals surface area (Å²) in [6.07, 6.45) is 1.97. The topological polar surface area (TPSA) is 46.6 Å². The molecule has 1 aliphatic heterocycles. The van der Waals surface area contributed by atoms with Crippen LogP contribution in [0.5, 0.6) is 0 Å². The summed E-state index contributed by atoms with van der Waals surface area (Å²) in [7, 11) is 0. The Morgan fingerprint density at radius 1 is 1.08 bits per heavy atom. The Labute approximate surface area is 146 Å². The van der Waals surface area contributed by atoms with E-state index in [-0.39, 0.29) is 24.4 Å². The first-order valence-corrected chi connectivity index (χ1v) is 8.43. The van der Waals surface area contributed by atoms with Gasteiger partial charge in [-0.15, -0.1) is 0 Å². The Morgan fingerprint density at radius 3 is 2.52 bits per heavy atom. The van der Waals surface area contributed by atoms with Gasteiger partial charge in [-0.1, -0.05) is 42.5 Å². The van der Waals surface area contributed by atoms with E-state index in [9.17, 15) is 14.0 Å². The number of carbonyl (C=O) groups excluding carboxylic acids is 2. The second-order valence-corrected chi connectivity index (χ2v) is 6.10. The number of unbranched alkanes of at least 4 members (excludes halogenated alkanes) is 1. The van der Waals surface area contributed by atoms with Crippen molar-refractivity contribution in [2.45, 2.75) is 31.7 Å². The van der Waals surface area contributed by atoms with E-state index in [1.54, 1.807) is 12.1 Å². The molecule has 1 heterocycles. The van der Waals surface area contributed by atoms with Crippen LogP contribution >= 0.6 is 0 Å². The van der Waals surface area contributed by atoms with E-state index < -0.39 is 6.09 Å². The van der Waals surface area contributed by atoms with Crippen LogP contribution in [0.1, 0.15) is 36.4 Å². The first kappa shape index (κ1) is 17.1. The van der Waals surface area contributed by atoms with Gasteiger partial charge in [0.05, 0.1) is 0 Å². The quantitative estimate of drug-likeness (QED) is 0.738. The SMILES string of the molecule is O=C(CCCCc1ccc(F)cc1)N1C(=O)OC[C@@H]1c1ccccc1. The smallest absolute Gasteiger partial charge is 0.417 e. The lowest BCUT2D eigenvalue weighted by Gasteiger charge is -2.19. The second-order valence-electron chi connectivity index (χ2n) is 6.10. The maximum Gasteiger partial charge on any atom is 0.417 e. The predicted octanol–water partition coefficient (Wildman–Crippen LogP) is 4.26. The summed E-state index contributed by atoms with van der Waals surface area (Å²) in [5.41, 5.74) is 1.93. The van der Waals surface area contributed by atoms with Crippen molar-refractivity contribution in [2.24, 2.45) is 0 Å². The zero-order valence-electron chi connectivity index (χ0n) is 13.9. The molecule has 0 aromatic heterocycles. The summed E-state index contributed by atoms with van der Waals surface area (Å²) in [6, 6.07) is 15.5. The number of benzene rings is 2. The molecule has 4 nitrogen and oxygen atoms in total. The van der Waals surface area contributed by atoms with Crippen molar-refractivity contribution in [3.8, 4) is 0 Å². The Bertz CT molecular complexity index is 730. The fraction of sp³-hybridized carbons (Fsp3) is 0.300. The molecule has 130 valence electrons. The third kappa shape index (κ3) is 4.24. The van der Waals surface area contributed by atoms with E-state index in [4.69, 9.17) is 4.74 Å². The van der Waals surface area contributed by atoms with E-state index >= 15 is 0 Å². The molecule has 2 amide bonds. The molecular weight excluding hydrogens is 321 g/mol. The van der Waals surface area contributed by atoms with Gasteiger partial charge in [0.15, 0.2) is 0 Å². The summed E-state index contributed by atoms with van der Waals surface area (Å²) >= 11 is 0. The molecule has 0 bridgehead atoms. The van der Waals surface area contributed by atoms with Crippen molar-refractivity contribution in [3.63, 3.8) is 0 Å². The molecule has 0 radical (unpaired) electrons. The molecule has 0 N–H and O–H groups in total. The highest BCUT2D eigenvalue weighted by Crippen LogP contribution is 2.28. The van der Waals surface area contributed by atoms with Gasteiger partial charge in [0, 0.05) is 6.42 Å². The number of cyclic esters (lactones) is 1. The molecule has 5 heteroatoms. The minimum atomic E-state index is -0.572. The number of hydrogen-bond donors (Lipinski definition) is 0. The van der Waals surface area contributed by atoms with Crippen molar-refractivity contribution < 1.29 is 18.7 Å². The molecule has 1 saturated heterocycles. The third-order valence-corrected chi connectivity index (χ3v) is 4.35. The van der Waals surface area contributed by atoms with Gasteiger partial charge in [-0.25, -0.2) is 14.1 Å². The number of hydrogen-bond acceptors (Lipinski definition) is 3. The van der Waals surface area contributed by atoms with E-state index in [0.717, 1.165) is 24.0 Å². The Morgan fingerprint density at radius 2 is 1.80 bits per heavy atom. The summed E-state index contributed by atoms with van der Waals surface area (Å²) in [5, 5.41) is 0. The van der Waals surface area contributed by atoms with Crippen molar-refractivity contribution in [3.05, 3.63) is 71.5 Å². The molecule has 0 spiro atoms. The summed E-state index contributed by atoms with van der Waals surface area (Å²) in [4.78, 5) is 25.6. The molecule has 0 unspecified atom stereocenters. The summed E-state index contributed by atoms with van der Waals surface area (Å²) in [5.74, 6) is -0.464. The van der Waals surface area contributed by atoms with Gasteiger partial charge in [-0.3, -0.25) is 4.79 Å². The standard InChI is InChI=1S/C20H20FNO3/c21-17-12-10-15(11-13-17)6-4-5-9-19(23)22-18(14-25-20(22)24)16-7-2-1-3-8-16/h1-3,7-8,10-13,18H,4-6,9,14H2/t18-/m1/s1. The number of nitrogens with zero attached hydrogens (tertiary/aromatic N) is 1. The predicted molar refractivity (Wildman–Crippen MR) is 91.3 cm³/mol. The Kier molecular flexibility index (Phi) is 5.43. The molecule has 0 saturated carbocycles. The van der Waals surface area contributed by atoms with E-state index in [2.05, 4.69) is 0 Å². The van der Waals surface area contributed by atoms with Crippen LogP contribution in [0.2, 0.25) is 0 Å². The number of amides is 2. The molecular formula is C20H20FNO3. The lowest BCUT2D eigenvalue weighted by atomic mass is 10.0. The second kappa shape index (κ2) is 7.92. The van der Waals surface area contributed by atoms with Gasteiger partial charge in [0.2, 0.25) is 5.91 Å². The highest BCUT2D eigenvalue weighted by molar-refractivity contribution is 5.93. The van der Waals surface area contributed by atoms with Crippen molar-refractivity contribution in [2.75, 3.05) is 6.61 Å². The number of aryl methyl sites for hydroxylation is 1. The number of ether oxygens (including phenoxy) is 1. The van der Waals surface area contributed by atoms with Crippen LogP contribution in [-0.2, 0) is 16.0 Å². The molecule has 25 heavy (non-hydrogen) atoms. The number of rotatable bonds is 6. The molecule has 1 atom stereocenters. The molecule has 2 aromatic rings. The molecule has 1 fully saturated rings. The Balaban J connectivity index is 1.52. The van der Waals surface area contributed by atoms with Gasteiger partial charge in [0.1, 0.15) is 18.5 Å². The van der Waals surface area contributed by atoms with Crippen LogP contribution in [0.3, 0.4) is 0 Å². The van der Waals surface area contributed by atoms with E-state index in [1.807, 2.05) is 30.3 Å². The van der Waals surface area contributed by atoms with Crippen molar-refractivity contribution >= 4 is 12.0 Å². The van der Waals surface area contributed by atoms with Crippen molar-refractivity contribution in [1.29, 1.82) is 0 Å². The van der Waals surface area contributed by atoms with Gasteiger partial charge in [-0.2, -0.15) is 0 Å². The minimum Gasteiger partial charge on any atom is -0.446 e. The molecule has 1 aliphatic rings. The average molecular weight is 341 g/mol. The highest BCUT2D eigenvalue weighted by Gasteiger charge is 2.38. The van der Waals surface area contributed by atoms with Gasteiger partial charge < -0.3 is 4.74 Å². The molecule has 3 rings (SSSR count). The molecule has 2 aromatic carbocycles. The largest absolute Gasteiger partial charge is 0.446 e. The van der Waals surface area contributed by atoms with E-state index in [1.165, 1.54) is 17.0 Å². The van der Waals surface area contributed by atoms with Crippen LogP contribution < -0.4 is 0 Å². The monoisotopic (exact) mass is 341 g/mol. The van der Waals surface area contributed by atoms with Gasteiger partial charge >= 0.3 is 6.09 Å². The first-order chi connectivity index (χ1) is 12.1. The van der Waals surface area contributed by atoms with Crippen LogP contribution in [0.25, 0.3) is 0 Å². The summed E-state index contributed by atoms with van der Waals surface area (Å²) in [6.45, 7) is 0.199. The van der Waals surface area contributed by atoms with E-state index in [0.29, 0.717) is 12.8 Å². The zero-order chi connectivity index (χ0) is 17.6. The zero-order valence-corrected chi connectivity index (χ0v) is 13.9. The van der Waals surface area contributed by atoms with Crippen molar-refractivity contribution in [1.82, 2.24) is 4.90 Å².